The summed E-state index contributed by atoms with van der Waals surface area (Å²) in [4.78, 5) is 28.2. The highest BCUT2D eigenvalue weighted by molar-refractivity contribution is 5.83. The van der Waals surface area contributed by atoms with Crippen molar-refractivity contribution in [3.63, 3.8) is 0 Å². The molecule has 33 heavy (non-hydrogen) atoms. The summed E-state index contributed by atoms with van der Waals surface area (Å²) in [6, 6.07) is 21.6. The fourth-order valence-electron chi connectivity index (χ4n) is 3.87. The Morgan fingerprint density at radius 3 is 2.27 bits per heavy atom. The number of aromatic nitrogens is 1. The normalized spacial score (nSPS) is 12.6. The van der Waals surface area contributed by atoms with Crippen molar-refractivity contribution in [3.8, 4) is 11.1 Å². The molecule has 3 rings (SSSR count). The number of aryl methyl sites for hydroxylation is 1. The van der Waals surface area contributed by atoms with E-state index in [0.29, 0.717) is 19.3 Å². The number of rotatable bonds is 12. The number of amides is 1. The standard InChI is InChI=1S/C27H30N2O4/c30-19-25(16-21-7-5-15-28-18-21)29-27(33)24(17-26(31)32)10-4-6-20-11-13-23(14-12-20)22-8-2-1-3-9-22/h1-3,5,7-9,11-15,18,24-25,30H,4,6,10,16-17,19H2,(H,29,33)(H,31,32)/t24?,25-/m1/s1. The van der Waals surface area contributed by atoms with Crippen LogP contribution in [-0.4, -0.2) is 39.7 Å². The summed E-state index contributed by atoms with van der Waals surface area (Å²) < 4.78 is 0. The highest BCUT2D eigenvalue weighted by atomic mass is 16.4. The smallest absolute Gasteiger partial charge is 0.304 e. The Hall–Kier alpha value is -3.51. The van der Waals surface area contributed by atoms with Gasteiger partial charge >= 0.3 is 5.97 Å². The molecule has 1 amide bonds. The molecule has 0 aliphatic heterocycles. The molecule has 6 heteroatoms. The van der Waals surface area contributed by atoms with E-state index in [1.807, 2.05) is 24.3 Å². The highest BCUT2D eigenvalue weighted by Crippen LogP contribution is 2.21. The van der Waals surface area contributed by atoms with Crippen molar-refractivity contribution in [3.05, 3.63) is 90.3 Å². The van der Waals surface area contributed by atoms with Crippen LogP contribution in [0.5, 0.6) is 0 Å². The van der Waals surface area contributed by atoms with Gasteiger partial charge in [0, 0.05) is 18.3 Å². The maximum Gasteiger partial charge on any atom is 0.304 e. The average molecular weight is 447 g/mol. The van der Waals surface area contributed by atoms with Crippen LogP contribution in [0.1, 0.15) is 30.4 Å². The maximum atomic E-state index is 12.8. The van der Waals surface area contributed by atoms with E-state index in [-0.39, 0.29) is 18.9 Å². The predicted molar refractivity (Wildman–Crippen MR) is 128 cm³/mol. The molecule has 3 aromatic rings. The van der Waals surface area contributed by atoms with Crippen LogP contribution in [0.4, 0.5) is 0 Å². The van der Waals surface area contributed by atoms with Crippen LogP contribution in [-0.2, 0) is 22.4 Å². The number of carbonyl (C=O) groups is 2. The molecule has 0 spiro atoms. The maximum absolute atomic E-state index is 12.8. The Labute approximate surface area is 194 Å². The average Bonchev–Trinajstić information content (AvgIpc) is 2.84. The van der Waals surface area contributed by atoms with Crippen molar-refractivity contribution >= 4 is 11.9 Å². The van der Waals surface area contributed by atoms with E-state index in [0.717, 1.165) is 28.7 Å². The number of pyridine rings is 1. The van der Waals surface area contributed by atoms with Crippen molar-refractivity contribution in [2.45, 2.75) is 38.1 Å². The van der Waals surface area contributed by atoms with E-state index in [1.165, 1.54) is 0 Å². The molecule has 1 aromatic heterocycles. The first-order chi connectivity index (χ1) is 16.0. The fraction of sp³-hybridized carbons (Fsp3) is 0.296. The van der Waals surface area contributed by atoms with E-state index in [9.17, 15) is 19.8 Å². The van der Waals surface area contributed by atoms with Crippen molar-refractivity contribution in [2.75, 3.05) is 6.61 Å². The molecular formula is C27H30N2O4. The van der Waals surface area contributed by atoms with Crippen LogP contribution in [0.15, 0.2) is 79.1 Å². The van der Waals surface area contributed by atoms with Gasteiger partial charge in [0.1, 0.15) is 0 Å². The zero-order valence-corrected chi connectivity index (χ0v) is 18.6. The molecule has 0 aliphatic rings. The first kappa shape index (κ1) is 24.1. The molecule has 0 bridgehead atoms. The molecule has 2 atom stereocenters. The Morgan fingerprint density at radius 1 is 0.909 bits per heavy atom. The number of hydrogen-bond donors (Lipinski definition) is 3. The topological polar surface area (TPSA) is 99.5 Å². The Bertz CT molecular complexity index is 1010. The summed E-state index contributed by atoms with van der Waals surface area (Å²) in [6.07, 6.45) is 5.47. The second-order valence-corrected chi connectivity index (χ2v) is 8.20. The predicted octanol–water partition coefficient (Wildman–Crippen LogP) is 3.88. The third kappa shape index (κ3) is 7.84. The molecular weight excluding hydrogens is 416 g/mol. The van der Waals surface area contributed by atoms with E-state index in [1.54, 1.807) is 18.5 Å². The van der Waals surface area contributed by atoms with E-state index >= 15 is 0 Å². The molecule has 172 valence electrons. The Kier molecular flexibility index (Phi) is 9.15. The number of aliphatic hydroxyl groups is 1. The summed E-state index contributed by atoms with van der Waals surface area (Å²) in [7, 11) is 0. The highest BCUT2D eigenvalue weighted by Gasteiger charge is 2.24. The molecule has 0 saturated carbocycles. The van der Waals surface area contributed by atoms with Crippen LogP contribution in [0, 0.1) is 5.92 Å². The number of nitrogens with one attached hydrogen (secondary N) is 1. The molecule has 6 nitrogen and oxygen atoms in total. The van der Waals surface area contributed by atoms with Gasteiger partial charge in [0.15, 0.2) is 0 Å². The summed E-state index contributed by atoms with van der Waals surface area (Å²) in [5.74, 6) is -1.98. The number of hydrogen-bond acceptors (Lipinski definition) is 4. The molecule has 0 saturated heterocycles. The van der Waals surface area contributed by atoms with Gasteiger partial charge in [-0.15, -0.1) is 0 Å². The number of carboxylic acids is 1. The number of carbonyl (C=O) groups excluding carboxylic acids is 1. The summed E-state index contributed by atoms with van der Waals surface area (Å²) in [5, 5.41) is 21.8. The lowest BCUT2D eigenvalue weighted by Crippen LogP contribution is -2.42. The Balaban J connectivity index is 1.54. The number of benzene rings is 2. The minimum atomic E-state index is -1.00. The van der Waals surface area contributed by atoms with Gasteiger partial charge in [-0.05, 0) is 54.0 Å². The lowest BCUT2D eigenvalue weighted by Gasteiger charge is -2.21. The quantitative estimate of drug-likeness (QED) is 0.392. The van der Waals surface area contributed by atoms with Crippen LogP contribution in [0.2, 0.25) is 0 Å². The van der Waals surface area contributed by atoms with Crippen LogP contribution in [0.3, 0.4) is 0 Å². The number of nitrogens with zero attached hydrogens (tertiary/aromatic N) is 1. The minimum absolute atomic E-state index is 0.228. The van der Waals surface area contributed by atoms with Crippen molar-refractivity contribution in [1.82, 2.24) is 10.3 Å². The van der Waals surface area contributed by atoms with E-state index in [4.69, 9.17) is 0 Å². The first-order valence-electron chi connectivity index (χ1n) is 11.2. The summed E-state index contributed by atoms with van der Waals surface area (Å²) in [6.45, 7) is -0.228. The Morgan fingerprint density at radius 2 is 1.64 bits per heavy atom. The molecule has 0 radical (unpaired) electrons. The van der Waals surface area contributed by atoms with Crippen LogP contribution < -0.4 is 5.32 Å². The van der Waals surface area contributed by atoms with Crippen molar-refractivity contribution < 1.29 is 19.8 Å². The zero-order chi connectivity index (χ0) is 23.5. The molecule has 1 unspecified atom stereocenters. The number of aliphatic hydroxyl groups excluding tert-OH is 1. The third-order valence-electron chi connectivity index (χ3n) is 5.64. The molecule has 3 N–H and O–H groups in total. The molecule has 0 fully saturated rings. The first-order valence-corrected chi connectivity index (χ1v) is 11.2. The zero-order valence-electron chi connectivity index (χ0n) is 18.6. The lowest BCUT2D eigenvalue weighted by atomic mass is 9.94. The monoisotopic (exact) mass is 446 g/mol. The second kappa shape index (κ2) is 12.5. The van der Waals surface area contributed by atoms with Crippen molar-refractivity contribution in [1.29, 1.82) is 0 Å². The van der Waals surface area contributed by atoms with Gasteiger partial charge in [-0.25, -0.2) is 0 Å². The molecule has 0 aliphatic carbocycles. The fourth-order valence-corrected chi connectivity index (χ4v) is 3.87. The largest absolute Gasteiger partial charge is 0.481 e. The summed E-state index contributed by atoms with van der Waals surface area (Å²) in [5.41, 5.74) is 4.35. The van der Waals surface area contributed by atoms with Gasteiger partial charge in [-0.1, -0.05) is 60.7 Å². The van der Waals surface area contributed by atoms with Gasteiger partial charge in [-0.2, -0.15) is 0 Å². The van der Waals surface area contributed by atoms with Crippen LogP contribution >= 0.6 is 0 Å². The van der Waals surface area contributed by atoms with E-state index < -0.39 is 17.9 Å². The minimum Gasteiger partial charge on any atom is -0.481 e. The van der Waals surface area contributed by atoms with Gasteiger partial charge in [0.05, 0.1) is 19.1 Å². The van der Waals surface area contributed by atoms with Gasteiger partial charge in [-0.3, -0.25) is 14.6 Å². The lowest BCUT2D eigenvalue weighted by molar-refractivity contribution is -0.141. The second-order valence-electron chi connectivity index (χ2n) is 8.20. The SMILES string of the molecule is O=C(O)CC(CCCc1ccc(-c2ccccc2)cc1)C(=O)N[C@@H](CO)Cc1cccnc1. The number of aliphatic carboxylic acids is 1. The number of carboxylic acid groups (broad SMARTS) is 1. The summed E-state index contributed by atoms with van der Waals surface area (Å²) >= 11 is 0. The molecule has 2 aromatic carbocycles. The van der Waals surface area contributed by atoms with Crippen molar-refractivity contribution in [2.24, 2.45) is 5.92 Å². The third-order valence-corrected chi connectivity index (χ3v) is 5.64. The molecule has 1 heterocycles. The van der Waals surface area contributed by atoms with Gasteiger partial charge < -0.3 is 15.5 Å². The van der Waals surface area contributed by atoms with Crippen LogP contribution in [0.25, 0.3) is 11.1 Å². The van der Waals surface area contributed by atoms with Gasteiger partial charge in [0.25, 0.3) is 0 Å². The van der Waals surface area contributed by atoms with Gasteiger partial charge in [0.2, 0.25) is 5.91 Å². The van der Waals surface area contributed by atoms with E-state index in [2.05, 4.69) is 46.7 Å².